The molecule has 0 aliphatic carbocycles. The molecule has 0 aromatic heterocycles. The van der Waals surface area contributed by atoms with Crippen molar-refractivity contribution in [3.05, 3.63) is 0 Å². The number of rotatable bonds is 5. The Morgan fingerprint density at radius 1 is 1.44 bits per heavy atom. The molecule has 1 aliphatic heterocycles. The lowest BCUT2D eigenvalue weighted by molar-refractivity contribution is -0.128. The second kappa shape index (κ2) is 5.87. The molecule has 1 unspecified atom stereocenters. The van der Waals surface area contributed by atoms with Crippen LogP contribution in [-0.2, 0) is 9.53 Å². The molecule has 94 valence electrons. The lowest BCUT2D eigenvalue weighted by atomic mass is 9.80. The molecular formula is C12H22ClNO2. The molecule has 0 saturated carbocycles. The van der Waals surface area contributed by atoms with Crippen molar-refractivity contribution in [2.45, 2.75) is 27.2 Å². The van der Waals surface area contributed by atoms with E-state index in [9.17, 15) is 4.79 Å². The van der Waals surface area contributed by atoms with Gasteiger partial charge in [-0.25, -0.2) is 0 Å². The van der Waals surface area contributed by atoms with Gasteiger partial charge in [-0.1, -0.05) is 20.8 Å². The fourth-order valence-electron chi connectivity index (χ4n) is 1.90. The van der Waals surface area contributed by atoms with Crippen LogP contribution < -0.4 is 0 Å². The number of carbonyl (C=O) groups excluding carboxylic acids is 1. The summed E-state index contributed by atoms with van der Waals surface area (Å²) < 4.78 is 5.29. The molecular weight excluding hydrogens is 226 g/mol. The molecule has 1 heterocycles. The summed E-state index contributed by atoms with van der Waals surface area (Å²) in [6, 6.07) is 0. The number of nitrogens with zero attached hydrogens (tertiary/aromatic N) is 1. The van der Waals surface area contributed by atoms with Gasteiger partial charge in [-0.15, -0.1) is 11.6 Å². The first kappa shape index (κ1) is 13.8. The molecule has 1 amide bonds. The van der Waals surface area contributed by atoms with E-state index in [0.29, 0.717) is 38.0 Å². The minimum atomic E-state index is 0.210. The van der Waals surface area contributed by atoms with Gasteiger partial charge in [-0.05, 0) is 11.3 Å². The van der Waals surface area contributed by atoms with Gasteiger partial charge in [0, 0.05) is 25.4 Å². The van der Waals surface area contributed by atoms with Crippen LogP contribution in [0, 0.1) is 11.3 Å². The van der Waals surface area contributed by atoms with E-state index in [-0.39, 0.29) is 11.3 Å². The minimum absolute atomic E-state index is 0.210. The zero-order valence-corrected chi connectivity index (χ0v) is 11.2. The lowest BCUT2D eigenvalue weighted by Gasteiger charge is -2.26. The summed E-state index contributed by atoms with van der Waals surface area (Å²) in [4.78, 5) is 13.6. The van der Waals surface area contributed by atoms with Gasteiger partial charge in [0.15, 0.2) is 0 Å². The van der Waals surface area contributed by atoms with E-state index >= 15 is 0 Å². The normalized spacial score (nSPS) is 21.9. The van der Waals surface area contributed by atoms with Crippen molar-refractivity contribution in [3.63, 3.8) is 0 Å². The van der Waals surface area contributed by atoms with Gasteiger partial charge < -0.3 is 9.64 Å². The summed E-state index contributed by atoms with van der Waals surface area (Å²) >= 11 is 5.50. The number of hydrogen-bond donors (Lipinski definition) is 0. The molecule has 1 fully saturated rings. The summed E-state index contributed by atoms with van der Waals surface area (Å²) in [7, 11) is 0. The average molecular weight is 248 g/mol. The van der Waals surface area contributed by atoms with Crippen molar-refractivity contribution in [1.29, 1.82) is 0 Å². The van der Waals surface area contributed by atoms with Crippen LogP contribution in [0.1, 0.15) is 27.2 Å². The molecule has 0 aromatic carbocycles. The molecule has 0 radical (unpaired) electrons. The summed E-state index contributed by atoms with van der Waals surface area (Å²) in [6.07, 6.45) is 0.680. The van der Waals surface area contributed by atoms with Crippen molar-refractivity contribution in [2.75, 3.05) is 32.2 Å². The number of ether oxygens (including phenoxy) is 1. The molecule has 0 spiro atoms. The Morgan fingerprint density at radius 3 is 2.62 bits per heavy atom. The second-order valence-electron chi connectivity index (χ2n) is 5.41. The molecule has 1 saturated heterocycles. The molecule has 1 rings (SSSR count). The van der Waals surface area contributed by atoms with E-state index in [1.54, 1.807) is 0 Å². The van der Waals surface area contributed by atoms with E-state index < -0.39 is 0 Å². The van der Waals surface area contributed by atoms with E-state index in [4.69, 9.17) is 16.3 Å². The van der Waals surface area contributed by atoms with Crippen molar-refractivity contribution in [3.8, 4) is 0 Å². The highest BCUT2D eigenvalue weighted by molar-refractivity contribution is 6.17. The van der Waals surface area contributed by atoms with Crippen LogP contribution in [0.2, 0.25) is 0 Å². The fraction of sp³-hybridized carbons (Fsp3) is 0.917. The van der Waals surface area contributed by atoms with E-state index in [2.05, 4.69) is 20.8 Å². The van der Waals surface area contributed by atoms with Crippen molar-refractivity contribution in [1.82, 2.24) is 4.90 Å². The fourth-order valence-corrected chi connectivity index (χ4v) is 2.01. The van der Waals surface area contributed by atoms with Gasteiger partial charge in [0.05, 0.1) is 13.2 Å². The predicted octanol–water partition coefficient (Wildman–Crippen LogP) is 2.14. The number of likely N-dealkylation sites (tertiary alicyclic amines) is 1. The minimum Gasteiger partial charge on any atom is -0.378 e. The standard InChI is InChI=1S/C12H22ClNO2/c1-12(2,3)10-8-11(15)14(9-10)5-7-16-6-4-13/h10H,4-9H2,1-3H3. The molecule has 0 aromatic rings. The molecule has 3 nitrogen and oxygen atoms in total. The predicted molar refractivity (Wildman–Crippen MR) is 65.7 cm³/mol. The van der Waals surface area contributed by atoms with Crippen LogP contribution in [0.4, 0.5) is 0 Å². The maximum absolute atomic E-state index is 11.7. The van der Waals surface area contributed by atoms with Gasteiger partial charge in [-0.2, -0.15) is 0 Å². The van der Waals surface area contributed by atoms with Crippen LogP contribution in [-0.4, -0.2) is 43.0 Å². The highest BCUT2D eigenvalue weighted by Gasteiger charge is 2.36. The molecule has 0 N–H and O–H groups in total. The number of carbonyl (C=O) groups is 1. The highest BCUT2D eigenvalue weighted by Crippen LogP contribution is 2.33. The van der Waals surface area contributed by atoms with Gasteiger partial charge in [0.25, 0.3) is 0 Å². The third-order valence-corrected chi connectivity index (χ3v) is 3.32. The topological polar surface area (TPSA) is 29.5 Å². The van der Waals surface area contributed by atoms with Gasteiger partial charge in [-0.3, -0.25) is 4.79 Å². The summed E-state index contributed by atoms with van der Waals surface area (Å²) in [6.45, 7) is 9.30. The summed E-state index contributed by atoms with van der Waals surface area (Å²) in [5.41, 5.74) is 0.210. The van der Waals surface area contributed by atoms with Crippen molar-refractivity contribution >= 4 is 17.5 Å². The van der Waals surface area contributed by atoms with Crippen molar-refractivity contribution in [2.24, 2.45) is 11.3 Å². The number of hydrogen-bond acceptors (Lipinski definition) is 2. The van der Waals surface area contributed by atoms with Crippen LogP contribution >= 0.6 is 11.6 Å². The molecule has 16 heavy (non-hydrogen) atoms. The van der Waals surface area contributed by atoms with Gasteiger partial charge in [0.2, 0.25) is 5.91 Å². The van der Waals surface area contributed by atoms with Crippen LogP contribution in [0.3, 0.4) is 0 Å². The summed E-state index contributed by atoms with van der Waals surface area (Å²) in [5, 5.41) is 0. The zero-order chi connectivity index (χ0) is 12.2. The first-order valence-electron chi connectivity index (χ1n) is 5.86. The smallest absolute Gasteiger partial charge is 0.223 e. The summed E-state index contributed by atoms with van der Waals surface area (Å²) in [5.74, 6) is 1.24. The molecule has 1 atom stereocenters. The maximum Gasteiger partial charge on any atom is 0.223 e. The Kier molecular flexibility index (Phi) is 5.06. The second-order valence-corrected chi connectivity index (χ2v) is 5.79. The molecule has 4 heteroatoms. The first-order chi connectivity index (χ1) is 7.45. The highest BCUT2D eigenvalue weighted by atomic mass is 35.5. The number of alkyl halides is 1. The van der Waals surface area contributed by atoms with E-state index in [1.165, 1.54) is 0 Å². The molecule has 0 bridgehead atoms. The first-order valence-corrected chi connectivity index (χ1v) is 6.40. The third kappa shape index (κ3) is 3.95. The van der Waals surface area contributed by atoms with E-state index in [1.807, 2.05) is 4.90 Å². The Morgan fingerprint density at radius 2 is 2.12 bits per heavy atom. The van der Waals surface area contributed by atoms with Crippen molar-refractivity contribution < 1.29 is 9.53 Å². The Balaban J connectivity index is 2.31. The molecule has 1 aliphatic rings. The maximum atomic E-state index is 11.7. The largest absolute Gasteiger partial charge is 0.378 e. The van der Waals surface area contributed by atoms with Crippen LogP contribution in [0.25, 0.3) is 0 Å². The van der Waals surface area contributed by atoms with Gasteiger partial charge in [0.1, 0.15) is 0 Å². The number of halogens is 1. The van der Waals surface area contributed by atoms with E-state index in [0.717, 1.165) is 6.54 Å². The quantitative estimate of drug-likeness (QED) is 0.550. The third-order valence-electron chi connectivity index (χ3n) is 3.17. The van der Waals surface area contributed by atoms with Crippen LogP contribution in [0.5, 0.6) is 0 Å². The monoisotopic (exact) mass is 247 g/mol. The number of amides is 1. The Hall–Kier alpha value is -0.280. The SMILES string of the molecule is CC(C)(C)C1CC(=O)N(CCOCCCl)C1. The average Bonchev–Trinajstić information content (AvgIpc) is 2.55. The lowest BCUT2D eigenvalue weighted by Crippen LogP contribution is -2.30. The zero-order valence-electron chi connectivity index (χ0n) is 10.5. The Labute approximate surface area is 103 Å². The Bertz CT molecular complexity index is 238. The van der Waals surface area contributed by atoms with Crippen LogP contribution in [0.15, 0.2) is 0 Å². The van der Waals surface area contributed by atoms with Gasteiger partial charge >= 0.3 is 0 Å².